The summed E-state index contributed by atoms with van der Waals surface area (Å²) in [6.45, 7) is 4.50. The zero-order chi connectivity index (χ0) is 20.8. The topological polar surface area (TPSA) is 66.0 Å². The van der Waals surface area contributed by atoms with E-state index in [2.05, 4.69) is 9.88 Å². The zero-order valence-electron chi connectivity index (χ0n) is 17.9. The van der Waals surface area contributed by atoms with Crippen molar-refractivity contribution in [3.8, 4) is 0 Å². The number of piperidine rings is 1. The van der Waals surface area contributed by atoms with Gasteiger partial charge in [0, 0.05) is 38.1 Å². The second-order valence-electron chi connectivity index (χ2n) is 8.97. The zero-order valence-corrected chi connectivity index (χ0v) is 17.9. The molecule has 2 aliphatic heterocycles. The Hall–Kier alpha value is -2.15. The number of ether oxygens (including phenoxy) is 1. The number of likely N-dealkylation sites (tertiary alicyclic amines) is 1. The largest absolute Gasteiger partial charge is 0.448 e. The summed E-state index contributed by atoms with van der Waals surface area (Å²) in [7, 11) is 0. The van der Waals surface area contributed by atoms with E-state index in [1.54, 1.807) is 6.20 Å². The van der Waals surface area contributed by atoms with Crippen molar-refractivity contribution in [3.05, 3.63) is 30.1 Å². The average molecular weight is 415 g/mol. The third-order valence-electron chi connectivity index (χ3n) is 6.74. The molecule has 0 bridgehead atoms. The molecule has 2 amide bonds. The van der Waals surface area contributed by atoms with Crippen LogP contribution in [0.4, 0.5) is 4.79 Å². The van der Waals surface area contributed by atoms with E-state index in [1.165, 1.54) is 50.0 Å². The number of hydrogen-bond donors (Lipinski definition) is 0. The van der Waals surface area contributed by atoms with Crippen LogP contribution in [0.1, 0.15) is 50.5 Å². The van der Waals surface area contributed by atoms with Crippen LogP contribution in [0.2, 0.25) is 0 Å². The van der Waals surface area contributed by atoms with Crippen LogP contribution >= 0.6 is 0 Å². The van der Waals surface area contributed by atoms with E-state index in [0.29, 0.717) is 25.6 Å². The molecule has 4 rings (SSSR count). The monoisotopic (exact) mass is 414 g/mol. The van der Waals surface area contributed by atoms with E-state index in [1.807, 2.05) is 23.2 Å². The Bertz CT molecular complexity index is 708. The molecule has 3 heterocycles. The second kappa shape index (κ2) is 10.2. The fourth-order valence-electron chi connectivity index (χ4n) is 5.13. The number of aromatic nitrogens is 1. The third-order valence-corrected chi connectivity index (χ3v) is 6.74. The van der Waals surface area contributed by atoms with E-state index in [4.69, 9.17) is 4.74 Å². The van der Waals surface area contributed by atoms with Gasteiger partial charge >= 0.3 is 6.09 Å². The van der Waals surface area contributed by atoms with Crippen LogP contribution in [0.5, 0.6) is 0 Å². The fourth-order valence-corrected chi connectivity index (χ4v) is 5.13. The van der Waals surface area contributed by atoms with E-state index in [0.717, 1.165) is 31.1 Å². The molecule has 7 heteroatoms. The molecule has 7 nitrogen and oxygen atoms in total. The number of amides is 2. The summed E-state index contributed by atoms with van der Waals surface area (Å²) in [5.74, 6) is 0.472. The minimum Gasteiger partial charge on any atom is -0.448 e. The lowest BCUT2D eigenvalue weighted by Crippen LogP contribution is -2.48. The molecule has 0 N–H and O–H groups in total. The highest BCUT2D eigenvalue weighted by Crippen LogP contribution is 2.27. The van der Waals surface area contributed by atoms with Crippen molar-refractivity contribution >= 4 is 12.0 Å². The summed E-state index contributed by atoms with van der Waals surface area (Å²) in [6.07, 6.45) is 12.3. The number of cyclic esters (lactones) is 1. The molecular formula is C23H34N4O3. The molecule has 0 spiro atoms. The second-order valence-corrected chi connectivity index (χ2v) is 8.97. The molecule has 164 valence electrons. The number of carbonyl (C=O) groups excluding carboxylic acids is 2. The van der Waals surface area contributed by atoms with Crippen molar-refractivity contribution in [2.75, 3.05) is 39.3 Å². The maximum Gasteiger partial charge on any atom is 0.410 e. The summed E-state index contributed by atoms with van der Waals surface area (Å²) in [5, 5.41) is 0. The molecule has 1 unspecified atom stereocenters. The lowest BCUT2D eigenvalue weighted by atomic mass is 9.90. The molecule has 1 aliphatic carbocycles. The molecule has 3 aliphatic rings. The Morgan fingerprint density at radius 2 is 2.03 bits per heavy atom. The van der Waals surface area contributed by atoms with E-state index >= 15 is 0 Å². The summed E-state index contributed by atoms with van der Waals surface area (Å²) < 4.78 is 5.00. The van der Waals surface area contributed by atoms with Gasteiger partial charge in [0.1, 0.15) is 13.2 Å². The predicted octanol–water partition coefficient (Wildman–Crippen LogP) is 2.91. The number of carbonyl (C=O) groups is 2. The minimum atomic E-state index is -0.384. The summed E-state index contributed by atoms with van der Waals surface area (Å²) in [6, 6.07) is 4.64. The number of hydrogen-bond acceptors (Lipinski definition) is 5. The van der Waals surface area contributed by atoms with E-state index in [9.17, 15) is 9.59 Å². The minimum absolute atomic E-state index is 0.00695. The van der Waals surface area contributed by atoms with Crippen LogP contribution in [0.3, 0.4) is 0 Å². The van der Waals surface area contributed by atoms with Crippen molar-refractivity contribution in [2.24, 2.45) is 5.92 Å². The van der Waals surface area contributed by atoms with Crippen LogP contribution in [-0.2, 0) is 16.1 Å². The average Bonchev–Trinajstić information content (AvgIpc) is 3.19. The first-order valence-electron chi connectivity index (χ1n) is 11.5. The molecule has 1 atom stereocenters. The van der Waals surface area contributed by atoms with Gasteiger partial charge in [-0.1, -0.05) is 25.3 Å². The third kappa shape index (κ3) is 5.50. The highest BCUT2D eigenvalue weighted by molar-refractivity contribution is 5.82. The Kier molecular flexibility index (Phi) is 7.20. The van der Waals surface area contributed by atoms with Crippen molar-refractivity contribution in [3.63, 3.8) is 0 Å². The lowest BCUT2D eigenvalue weighted by molar-refractivity contribution is -0.133. The van der Waals surface area contributed by atoms with Crippen molar-refractivity contribution < 1.29 is 14.3 Å². The predicted molar refractivity (Wildman–Crippen MR) is 114 cm³/mol. The normalized spacial score (nSPS) is 23.4. The Balaban J connectivity index is 1.40. The number of nitrogens with zero attached hydrogens (tertiary/aromatic N) is 4. The summed E-state index contributed by atoms with van der Waals surface area (Å²) in [4.78, 5) is 35.3. The standard InChI is InChI=1S/C23H34N4O3/c28-22(18-26-12-13-30-23(26)29)27(15-19-6-4-10-24-14-19)17-20-7-5-11-25(16-20)21-8-2-1-3-9-21/h4,6,10,14,20-21H,1-3,5,7-9,11-13,15-18H2. The maximum atomic E-state index is 13.1. The van der Waals surface area contributed by atoms with Crippen LogP contribution < -0.4 is 0 Å². The maximum absolute atomic E-state index is 13.1. The van der Waals surface area contributed by atoms with Crippen molar-refractivity contribution in [1.82, 2.24) is 19.7 Å². The molecule has 1 aromatic rings. The van der Waals surface area contributed by atoms with Crippen LogP contribution in [0.25, 0.3) is 0 Å². The van der Waals surface area contributed by atoms with Gasteiger partial charge in [0.15, 0.2) is 0 Å². The van der Waals surface area contributed by atoms with Gasteiger partial charge in [-0.05, 0) is 49.8 Å². The molecule has 1 aromatic heterocycles. The first-order valence-corrected chi connectivity index (χ1v) is 11.5. The molecule has 0 aromatic carbocycles. The molecular weight excluding hydrogens is 380 g/mol. The Morgan fingerprint density at radius 3 is 2.77 bits per heavy atom. The van der Waals surface area contributed by atoms with Gasteiger partial charge < -0.3 is 14.5 Å². The first kappa shape index (κ1) is 21.1. The van der Waals surface area contributed by atoms with Gasteiger partial charge in [-0.3, -0.25) is 14.7 Å². The summed E-state index contributed by atoms with van der Waals surface area (Å²) in [5.41, 5.74) is 1.02. The van der Waals surface area contributed by atoms with Crippen LogP contribution in [0.15, 0.2) is 24.5 Å². The first-order chi connectivity index (χ1) is 14.7. The highest BCUT2D eigenvalue weighted by atomic mass is 16.6. The van der Waals surface area contributed by atoms with Crippen LogP contribution in [0, 0.1) is 5.92 Å². The van der Waals surface area contributed by atoms with Gasteiger partial charge in [-0.15, -0.1) is 0 Å². The number of rotatable bonds is 7. The molecule has 2 saturated heterocycles. The Morgan fingerprint density at radius 1 is 1.17 bits per heavy atom. The van der Waals surface area contributed by atoms with Crippen molar-refractivity contribution in [1.29, 1.82) is 0 Å². The molecule has 1 saturated carbocycles. The fraction of sp³-hybridized carbons (Fsp3) is 0.696. The number of pyridine rings is 1. The van der Waals surface area contributed by atoms with Crippen LogP contribution in [-0.4, -0.2) is 77.1 Å². The van der Waals surface area contributed by atoms with Gasteiger partial charge in [0.25, 0.3) is 0 Å². The smallest absolute Gasteiger partial charge is 0.410 e. The lowest BCUT2D eigenvalue weighted by Gasteiger charge is -2.41. The Labute approximate surface area is 179 Å². The highest BCUT2D eigenvalue weighted by Gasteiger charge is 2.31. The van der Waals surface area contributed by atoms with Crippen molar-refractivity contribution in [2.45, 2.75) is 57.5 Å². The quantitative estimate of drug-likeness (QED) is 0.686. The van der Waals surface area contributed by atoms with Gasteiger partial charge in [-0.25, -0.2) is 4.79 Å². The molecule has 3 fully saturated rings. The molecule has 0 radical (unpaired) electrons. The van der Waals surface area contributed by atoms with E-state index in [-0.39, 0.29) is 18.5 Å². The SMILES string of the molecule is O=C(CN1CCOC1=O)N(Cc1cccnc1)CC1CCCN(C2CCCCC2)C1. The van der Waals surface area contributed by atoms with E-state index < -0.39 is 0 Å². The summed E-state index contributed by atoms with van der Waals surface area (Å²) >= 11 is 0. The van der Waals surface area contributed by atoms with Gasteiger partial charge in [0.05, 0.1) is 6.54 Å². The van der Waals surface area contributed by atoms with Gasteiger partial charge in [-0.2, -0.15) is 0 Å². The molecule has 30 heavy (non-hydrogen) atoms. The van der Waals surface area contributed by atoms with Gasteiger partial charge in [0.2, 0.25) is 5.91 Å².